The number of hydrogen-bond donors (Lipinski definition) is 3. The number of hydrogen-bond acceptors (Lipinski definition) is 3. The Morgan fingerprint density at radius 3 is 2.76 bits per heavy atom. The highest BCUT2D eigenvalue weighted by atomic mass is 16.3. The van der Waals surface area contributed by atoms with Gasteiger partial charge in [-0.15, -0.1) is 0 Å². The van der Waals surface area contributed by atoms with Crippen LogP contribution in [0.4, 0.5) is 0 Å². The van der Waals surface area contributed by atoms with Crippen molar-refractivity contribution in [2.24, 2.45) is 29.4 Å². The van der Waals surface area contributed by atoms with Crippen LogP contribution >= 0.6 is 0 Å². The Morgan fingerprint density at radius 1 is 1.28 bits per heavy atom. The van der Waals surface area contributed by atoms with Gasteiger partial charge in [0.15, 0.2) is 0 Å². The van der Waals surface area contributed by atoms with Gasteiger partial charge in [-0.25, -0.2) is 0 Å². The van der Waals surface area contributed by atoms with Crippen LogP contribution in [0.25, 0.3) is 0 Å². The minimum absolute atomic E-state index is 0.178. The zero-order chi connectivity index (χ0) is 17.8. The number of aliphatic hydroxyl groups is 2. The summed E-state index contributed by atoms with van der Waals surface area (Å²) in [6.07, 6.45) is 15.7. The second-order valence-electron chi connectivity index (χ2n) is 8.35. The number of unbranched alkanes of at least 4 members (excludes halogenated alkanes) is 1. The normalized spacial score (nSPS) is 35.7. The van der Waals surface area contributed by atoms with Crippen molar-refractivity contribution in [3.63, 3.8) is 0 Å². The molecule has 140 valence electrons. The monoisotopic (exact) mass is 347 g/mol. The van der Waals surface area contributed by atoms with Crippen molar-refractivity contribution in [3.8, 4) is 0 Å². The largest absolute Gasteiger partial charge is 0.392 e. The first-order chi connectivity index (χ1) is 12.0. The van der Waals surface area contributed by atoms with Crippen LogP contribution in [0, 0.1) is 23.7 Å². The smallest absolute Gasteiger partial charge is 0.217 e. The fourth-order valence-electron chi connectivity index (χ4n) is 5.22. The molecule has 3 aliphatic rings. The predicted molar refractivity (Wildman–Crippen MR) is 98.6 cm³/mol. The molecule has 0 heterocycles. The van der Waals surface area contributed by atoms with Crippen LogP contribution in [0.5, 0.6) is 0 Å². The van der Waals surface area contributed by atoms with Gasteiger partial charge in [0.1, 0.15) is 0 Å². The lowest BCUT2D eigenvalue weighted by atomic mass is 9.89. The van der Waals surface area contributed by atoms with Gasteiger partial charge in [-0.3, -0.25) is 4.79 Å². The number of allylic oxidation sites excluding steroid dienone is 2. The molecule has 0 radical (unpaired) electrons. The average molecular weight is 347 g/mol. The number of rotatable bonds is 7. The van der Waals surface area contributed by atoms with Gasteiger partial charge in [0.25, 0.3) is 0 Å². The molecule has 0 aromatic carbocycles. The number of carbonyl (C=O) groups excluding carboxylic acids is 1. The lowest BCUT2D eigenvalue weighted by molar-refractivity contribution is -0.118. The summed E-state index contributed by atoms with van der Waals surface area (Å²) in [7, 11) is 0. The molecular formula is C21H33NO3. The van der Waals surface area contributed by atoms with Crippen LogP contribution in [0.2, 0.25) is 0 Å². The Balaban J connectivity index is 1.53. The van der Waals surface area contributed by atoms with Gasteiger partial charge in [0, 0.05) is 12.3 Å². The van der Waals surface area contributed by atoms with E-state index in [9.17, 15) is 15.0 Å². The molecular weight excluding hydrogens is 314 g/mol. The third kappa shape index (κ3) is 4.73. The molecule has 0 aromatic rings. The number of carbonyl (C=O) groups is 1. The zero-order valence-electron chi connectivity index (χ0n) is 15.1. The maximum Gasteiger partial charge on any atom is 0.217 e. The fourth-order valence-corrected chi connectivity index (χ4v) is 5.22. The van der Waals surface area contributed by atoms with Crippen molar-refractivity contribution in [3.05, 3.63) is 23.8 Å². The molecule has 3 rings (SSSR count). The highest BCUT2D eigenvalue weighted by Crippen LogP contribution is 2.50. The van der Waals surface area contributed by atoms with Crippen LogP contribution in [0.15, 0.2) is 23.8 Å². The Hall–Kier alpha value is -1.13. The van der Waals surface area contributed by atoms with E-state index in [4.69, 9.17) is 5.73 Å². The topological polar surface area (TPSA) is 83.6 Å². The Bertz CT molecular complexity index is 521. The Kier molecular flexibility index (Phi) is 6.34. The number of nitrogens with two attached hydrogens (primary N) is 1. The lowest BCUT2D eigenvalue weighted by Gasteiger charge is -2.19. The Labute approximate surface area is 151 Å². The third-order valence-corrected chi connectivity index (χ3v) is 6.58. The molecule has 0 aromatic heterocycles. The molecule has 3 fully saturated rings. The van der Waals surface area contributed by atoms with Crippen molar-refractivity contribution >= 4 is 5.91 Å². The lowest BCUT2D eigenvalue weighted by Crippen LogP contribution is -2.19. The first kappa shape index (κ1) is 18.7. The summed E-state index contributed by atoms with van der Waals surface area (Å²) in [5.41, 5.74) is 6.66. The summed E-state index contributed by atoms with van der Waals surface area (Å²) in [6.45, 7) is 0. The van der Waals surface area contributed by atoms with E-state index in [1.165, 1.54) is 18.4 Å². The van der Waals surface area contributed by atoms with E-state index in [-0.39, 0.29) is 24.0 Å². The van der Waals surface area contributed by atoms with Gasteiger partial charge in [0.05, 0.1) is 12.2 Å². The molecule has 0 bridgehead atoms. The maximum atomic E-state index is 10.8. The van der Waals surface area contributed by atoms with E-state index in [0.29, 0.717) is 24.2 Å². The van der Waals surface area contributed by atoms with Crippen LogP contribution in [0.3, 0.4) is 0 Å². The molecule has 0 aliphatic heterocycles. The van der Waals surface area contributed by atoms with Crippen LogP contribution in [-0.4, -0.2) is 28.3 Å². The minimum atomic E-state index is -0.348. The standard InChI is InChI=1S/C21H33NO3/c22-21(25)8-4-1-5-14-11-16-13-20(24)17(18(16)12-14)9-10-19(23)15-6-2-3-7-15/h5,9-10,15-20,23-24H,1-4,6-8,11-13H2,(H2,22,25)/b10-9+,14-5+/t16-,17+,18-,19+,20+/m0/s1. The molecule has 0 unspecified atom stereocenters. The first-order valence-electron chi connectivity index (χ1n) is 10.0. The average Bonchev–Trinajstić information content (AvgIpc) is 3.26. The fraction of sp³-hybridized carbons (Fsp3) is 0.762. The minimum Gasteiger partial charge on any atom is -0.392 e. The quantitative estimate of drug-likeness (QED) is 0.489. The summed E-state index contributed by atoms with van der Waals surface area (Å²) < 4.78 is 0. The van der Waals surface area contributed by atoms with Crippen LogP contribution < -0.4 is 5.73 Å². The molecule has 4 nitrogen and oxygen atoms in total. The first-order valence-corrected chi connectivity index (χ1v) is 10.0. The summed E-state index contributed by atoms with van der Waals surface area (Å²) in [5.74, 6) is 1.43. The number of amides is 1. The van der Waals surface area contributed by atoms with Gasteiger partial charge >= 0.3 is 0 Å². The SMILES string of the molecule is NC(=O)CCC/C=C1\C[C@H]2C[C@@H](O)[C@H](/C=C/[C@@H](O)C3CCCC3)[C@H]2C1. The van der Waals surface area contributed by atoms with Gasteiger partial charge in [-0.2, -0.15) is 0 Å². The van der Waals surface area contributed by atoms with Gasteiger partial charge in [-0.05, 0) is 62.7 Å². The highest BCUT2D eigenvalue weighted by Gasteiger charge is 2.45. The number of primary amides is 1. The molecule has 4 heteroatoms. The second kappa shape index (κ2) is 8.50. The molecule has 5 atom stereocenters. The van der Waals surface area contributed by atoms with E-state index in [1.807, 2.05) is 6.08 Å². The summed E-state index contributed by atoms with van der Waals surface area (Å²) in [4.78, 5) is 10.8. The summed E-state index contributed by atoms with van der Waals surface area (Å²) in [6, 6.07) is 0. The molecule has 3 aliphatic carbocycles. The Morgan fingerprint density at radius 2 is 2.04 bits per heavy atom. The molecule has 0 saturated heterocycles. The zero-order valence-corrected chi connectivity index (χ0v) is 15.1. The van der Waals surface area contributed by atoms with E-state index in [0.717, 1.165) is 44.9 Å². The third-order valence-electron chi connectivity index (χ3n) is 6.58. The molecule has 1 amide bonds. The van der Waals surface area contributed by atoms with Gasteiger partial charge in [0.2, 0.25) is 5.91 Å². The number of fused-ring (bicyclic) bond motifs is 1. The van der Waals surface area contributed by atoms with Crippen molar-refractivity contribution in [1.29, 1.82) is 0 Å². The van der Waals surface area contributed by atoms with Crippen LogP contribution in [0.1, 0.15) is 64.2 Å². The van der Waals surface area contributed by atoms with Gasteiger partial charge in [-0.1, -0.05) is 36.6 Å². The van der Waals surface area contributed by atoms with E-state index >= 15 is 0 Å². The molecule has 3 saturated carbocycles. The van der Waals surface area contributed by atoms with Crippen LogP contribution in [-0.2, 0) is 4.79 Å². The van der Waals surface area contributed by atoms with Gasteiger partial charge < -0.3 is 15.9 Å². The van der Waals surface area contributed by atoms with E-state index in [1.54, 1.807) is 0 Å². The molecule has 4 N–H and O–H groups in total. The van der Waals surface area contributed by atoms with E-state index < -0.39 is 0 Å². The second-order valence-corrected chi connectivity index (χ2v) is 8.35. The highest BCUT2D eigenvalue weighted by molar-refractivity contribution is 5.73. The van der Waals surface area contributed by atoms with Crippen molar-refractivity contribution in [2.45, 2.75) is 76.4 Å². The number of aliphatic hydroxyl groups excluding tert-OH is 2. The van der Waals surface area contributed by atoms with E-state index in [2.05, 4.69) is 12.2 Å². The summed E-state index contributed by atoms with van der Waals surface area (Å²) in [5, 5.41) is 20.8. The molecule has 0 spiro atoms. The molecule has 25 heavy (non-hydrogen) atoms. The van der Waals surface area contributed by atoms with Crippen molar-refractivity contribution < 1.29 is 15.0 Å². The summed E-state index contributed by atoms with van der Waals surface area (Å²) >= 11 is 0. The predicted octanol–water partition coefficient (Wildman–Crippen LogP) is 3.08. The maximum absolute atomic E-state index is 10.8. The van der Waals surface area contributed by atoms with Crippen molar-refractivity contribution in [1.82, 2.24) is 0 Å². The van der Waals surface area contributed by atoms with Crippen molar-refractivity contribution in [2.75, 3.05) is 0 Å².